The van der Waals surface area contributed by atoms with Gasteiger partial charge in [0, 0.05) is 25.3 Å². The SMILES string of the molecule is Cc1ccccc1CNC(=O)C1(C)CCCN(C(=O)Nc2ccc(F)c(Cl)c2)C1. The van der Waals surface area contributed by atoms with E-state index in [4.69, 9.17) is 11.6 Å². The van der Waals surface area contributed by atoms with Gasteiger partial charge >= 0.3 is 6.03 Å². The summed E-state index contributed by atoms with van der Waals surface area (Å²) >= 11 is 5.77. The molecule has 1 aliphatic rings. The van der Waals surface area contributed by atoms with Crippen molar-refractivity contribution in [3.8, 4) is 0 Å². The van der Waals surface area contributed by atoms with E-state index in [0.717, 1.165) is 17.5 Å². The molecule has 1 atom stereocenters. The number of rotatable bonds is 4. The lowest BCUT2D eigenvalue weighted by Gasteiger charge is -2.39. The van der Waals surface area contributed by atoms with Crippen LogP contribution in [0.3, 0.4) is 0 Å². The predicted molar refractivity (Wildman–Crippen MR) is 112 cm³/mol. The maximum Gasteiger partial charge on any atom is 0.321 e. The van der Waals surface area contributed by atoms with Gasteiger partial charge in [0.25, 0.3) is 0 Å². The maximum absolute atomic E-state index is 13.3. The van der Waals surface area contributed by atoms with Crippen LogP contribution in [0.2, 0.25) is 5.02 Å². The normalized spacial score (nSPS) is 19.0. The molecule has 0 saturated carbocycles. The van der Waals surface area contributed by atoms with Crippen molar-refractivity contribution in [2.75, 3.05) is 18.4 Å². The molecule has 5 nitrogen and oxygen atoms in total. The van der Waals surface area contributed by atoms with E-state index in [1.54, 1.807) is 4.90 Å². The molecule has 1 fully saturated rings. The van der Waals surface area contributed by atoms with Gasteiger partial charge in [-0.1, -0.05) is 35.9 Å². The van der Waals surface area contributed by atoms with Gasteiger partial charge in [-0.25, -0.2) is 9.18 Å². The van der Waals surface area contributed by atoms with E-state index in [-0.39, 0.29) is 17.0 Å². The van der Waals surface area contributed by atoms with Crippen molar-refractivity contribution in [1.82, 2.24) is 10.2 Å². The van der Waals surface area contributed by atoms with Crippen LogP contribution in [0.1, 0.15) is 30.9 Å². The van der Waals surface area contributed by atoms with E-state index in [0.29, 0.717) is 31.7 Å². The first-order chi connectivity index (χ1) is 13.8. The number of nitrogens with one attached hydrogen (secondary N) is 2. The first kappa shape index (κ1) is 21.1. The summed E-state index contributed by atoms with van der Waals surface area (Å²) in [6.07, 6.45) is 1.44. The Hall–Kier alpha value is -2.60. The molecule has 1 heterocycles. The standard InChI is InChI=1S/C22H25ClFN3O2/c1-15-6-3-4-7-16(15)13-25-20(28)22(2)10-5-11-27(14-22)21(29)26-17-8-9-19(24)18(23)12-17/h3-4,6-9,12H,5,10-11,13-14H2,1-2H3,(H,25,28)(H,26,29). The van der Waals surface area contributed by atoms with Gasteiger partial charge < -0.3 is 15.5 Å². The number of amides is 3. The molecule has 0 radical (unpaired) electrons. The van der Waals surface area contributed by atoms with E-state index in [1.807, 2.05) is 38.1 Å². The summed E-state index contributed by atoms with van der Waals surface area (Å²) in [5.74, 6) is -0.608. The molecule has 0 bridgehead atoms. The Bertz CT molecular complexity index is 921. The second kappa shape index (κ2) is 8.82. The molecule has 29 heavy (non-hydrogen) atoms. The summed E-state index contributed by atoms with van der Waals surface area (Å²) in [5.41, 5.74) is 1.94. The fraction of sp³-hybridized carbons (Fsp3) is 0.364. The molecule has 2 aromatic carbocycles. The van der Waals surface area contributed by atoms with E-state index >= 15 is 0 Å². The minimum atomic E-state index is -0.668. The zero-order valence-electron chi connectivity index (χ0n) is 16.6. The highest BCUT2D eigenvalue weighted by atomic mass is 35.5. The Balaban J connectivity index is 1.61. The van der Waals surface area contributed by atoms with Gasteiger partial charge in [-0.05, 0) is 56.0 Å². The number of carbonyl (C=O) groups excluding carboxylic acids is 2. The number of benzene rings is 2. The highest BCUT2D eigenvalue weighted by molar-refractivity contribution is 6.31. The molecule has 3 rings (SSSR count). The number of nitrogens with zero attached hydrogens (tertiary/aromatic N) is 1. The highest BCUT2D eigenvalue weighted by Gasteiger charge is 2.39. The summed E-state index contributed by atoms with van der Waals surface area (Å²) in [4.78, 5) is 27.1. The predicted octanol–water partition coefficient (Wildman–Crippen LogP) is 4.74. The van der Waals surface area contributed by atoms with Crippen molar-refractivity contribution in [2.45, 2.75) is 33.2 Å². The van der Waals surface area contributed by atoms with Crippen LogP contribution in [0.25, 0.3) is 0 Å². The number of likely N-dealkylation sites (tertiary alicyclic amines) is 1. The summed E-state index contributed by atoms with van der Waals surface area (Å²) in [7, 11) is 0. The third-order valence-corrected chi connectivity index (χ3v) is 5.69. The highest BCUT2D eigenvalue weighted by Crippen LogP contribution is 2.30. The quantitative estimate of drug-likeness (QED) is 0.754. The number of hydrogen-bond donors (Lipinski definition) is 2. The summed E-state index contributed by atoms with van der Waals surface area (Å²) in [6, 6.07) is 11.6. The molecule has 154 valence electrons. The lowest BCUT2D eigenvalue weighted by atomic mass is 9.81. The number of aryl methyl sites for hydroxylation is 1. The molecule has 0 aliphatic carbocycles. The monoisotopic (exact) mass is 417 g/mol. The third kappa shape index (κ3) is 5.07. The van der Waals surface area contributed by atoms with E-state index in [1.165, 1.54) is 18.2 Å². The zero-order chi connectivity index (χ0) is 21.0. The molecule has 0 spiro atoms. The van der Waals surface area contributed by atoms with Crippen LogP contribution in [-0.2, 0) is 11.3 Å². The molecule has 1 saturated heterocycles. The smallest absolute Gasteiger partial charge is 0.321 e. The summed E-state index contributed by atoms with van der Waals surface area (Å²) in [6.45, 7) is 5.22. The first-order valence-corrected chi connectivity index (χ1v) is 10.00. The van der Waals surface area contributed by atoms with Crippen LogP contribution < -0.4 is 10.6 Å². The van der Waals surface area contributed by atoms with Gasteiger partial charge in [-0.2, -0.15) is 0 Å². The largest absolute Gasteiger partial charge is 0.351 e. The molecule has 7 heteroatoms. The minimum Gasteiger partial charge on any atom is -0.351 e. The Morgan fingerprint density at radius 2 is 2.00 bits per heavy atom. The van der Waals surface area contributed by atoms with Crippen molar-refractivity contribution in [3.63, 3.8) is 0 Å². The molecular weight excluding hydrogens is 393 g/mol. The topological polar surface area (TPSA) is 61.4 Å². The van der Waals surface area contributed by atoms with Crippen LogP contribution in [0.15, 0.2) is 42.5 Å². The molecule has 1 aliphatic heterocycles. The third-order valence-electron chi connectivity index (χ3n) is 5.40. The number of halogens is 2. The summed E-state index contributed by atoms with van der Waals surface area (Å²) in [5, 5.41) is 5.69. The van der Waals surface area contributed by atoms with Crippen LogP contribution in [0.4, 0.5) is 14.9 Å². The second-order valence-corrected chi connectivity index (χ2v) is 8.16. The van der Waals surface area contributed by atoms with Gasteiger partial charge in [-0.3, -0.25) is 4.79 Å². The first-order valence-electron chi connectivity index (χ1n) is 9.62. The number of carbonyl (C=O) groups is 2. The average molecular weight is 418 g/mol. The molecule has 2 N–H and O–H groups in total. The Kier molecular flexibility index (Phi) is 6.42. The van der Waals surface area contributed by atoms with Gasteiger partial charge in [0.2, 0.25) is 5.91 Å². The van der Waals surface area contributed by atoms with E-state index < -0.39 is 11.2 Å². The molecule has 0 aromatic heterocycles. The lowest BCUT2D eigenvalue weighted by molar-refractivity contribution is -0.132. The maximum atomic E-state index is 13.3. The van der Waals surface area contributed by atoms with Crippen molar-refractivity contribution in [2.24, 2.45) is 5.41 Å². The van der Waals surface area contributed by atoms with Crippen LogP contribution >= 0.6 is 11.6 Å². The van der Waals surface area contributed by atoms with Crippen molar-refractivity contribution >= 4 is 29.2 Å². The Labute approximate surface area is 175 Å². The van der Waals surface area contributed by atoms with Crippen LogP contribution in [0, 0.1) is 18.2 Å². The Morgan fingerprint density at radius 1 is 1.24 bits per heavy atom. The number of hydrogen-bond acceptors (Lipinski definition) is 2. The number of urea groups is 1. The fourth-order valence-electron chi connectivity index (χ4n) is 3.57. The molecule has 3 amide bonds. The molecule has 1 unspecified atom stereocenters. The van der Waals surface area contributed by atoms with Gasteiger partial charge in [0.15, 0.2) is 0 Å². The molecular formula is C22H25ClFN3O2. The van der Waals surface area contributed by atoms with Crippen molar-refractivity contribution in [1.29, 1.82) is 0 Å². The van der Waals surface area contributed by atoms with E-state index in [2.05, 4.69) is 10.6 Å². The van der Waals surface area contributed by atoms with Gasteiger partial charge in [0.05, 0.1) is 10.4 Å². The van der Waals surface area contributed by atoms with Crippen molar-refractivity contribution in [3.05, 3.63) is 64.4 Å². The van der Waals surface area contributed by atoms with Crippen molar-refractivity contribution < 1.29 is 14.0 Å². The van der Waals surface area contributed by atoms with Gasteiger partial charge in [0.1, 0.15) is 5.82 Å². The second-order valence-electron chi connectivity index (χ2n) is 7.75. The average Bonchev–Trinajstić information content (AvgIpc) is 2.70. The Morgan fingerprint density at radius 3 is 2.72 bits per heavy atom. The van der Waals surface area contributed by atoms with E-state index in [9.17, 15) is 14.0 Å². The summed E-state index contributed by atoms with van der Waals surface area (Å²) < 4.78 is 13.3. The van der Waals surface area contributed by atoms with Crippen LogP contribution in [0.5, 0.6) is 0 Å². The number of anilines is 1. The van der Waals surface area contributed by atoms with Crippen LogP contribution in [-0.4, -0.2) is 29.9 Å². The molecule has 2 aromatic rings. The lowest BCUT2D eigenvalue weighted by Crippen LogP contribution is -2.52. The number of piperidine rings is 1. The minimum absolute atomic E-state index is 0.0538. The zero-order valence-corrected chi connectivity index (χ0v) is 17.4. The van der Waals surface area contributed by atoms with Gasteiger partial charge in [-0.15, -0.1) is 0 Å². The fourth-order valence-corrected chi connectivity index (χ4v) is 3.75.